The maximum absolute atomic E-state index is 12.7. The molecule has 0 aliphatic carbocycles. The highest BCUT2D eigenvalue weighted by molar-refractivity contribution is 5.71. The number of hydrogen-bond acceptors (Lipinski definition) is 7. The van der Waals surface area contributed by atoms with Gasteiger partial charge in [0.05, 0.1) is 34.4 Å². The summed E-state index contributed by atoms with van der Waals surface area (Å²) in [5.41, 5.74) is 0. The molecule has 1 N–H and O–H groups in total. The average Bonchev–Trinajstić information content (AvgIpc) is 3.27. The van der Waals surface area contributed by atoms with Crippen LogP contribution in [0.4, 0.5) is 0 Å². The molecule has 0 saturated carbocycles. The Bertz CT molecular complexity index is 1290. The van der Waals surface area contributed by atoms with Crippen LogP contribution in [0.25, 0.3) is 0 Å². The Kier molecular flexibility index (Phi) is 44.9. The predicted molar refractivity (Wildman–Crippen MR) is 272 cm³/mol. The van der Waals surface area contributed by atoms with Gasteiger partial charge >= 0.3 is 17.9 Å². The smallest absolute Gasteiger partial charge is 0.361 e. The number of nitrogens with zero attached hydrogens (tertiary/aromatic N) is 1. The molecule has 0 aromatic rings. The van der Waals surface area contributed by atoms with Crippen LogP contribution in [0.2, 0.25) is 0 Å². The first-order valence-corrected chi connectivity index (χ1v) is 26.1. The molecule has 0 bridgehead atoms. The van der Waals surface area contributed by atoms with Gasteiger partial charge in [0.1, 0.15) is 13.2 Å². The number of allylic oxidation sites excluding steroid dienone is 12. The van der Waals surface area contributed by atoms with Crippen molar-refractivity contribution < 1.29 is 42.9 Å². The van der Waals surface area contributed by atoms with Crippen molar-refractivity contribution in [3.05, 3.63) is 72.9 Å². The van der Waals surface area contributed by atoms with E-state index in [9.17, 15) is 19.5 Å². The first-order valence-electron chi connectivity index (χ1n) is 26.1. The van der Waals surface area contributed by atoms with Crippen molar-refractivity contribution in [2.45, 2.75) is 219 Å². The lowest BCUT2D eigenvalue weighted by molar-refractivity contribution is -0.870. The van der Waals surface area contributed by atoms with Crippen molar-refractivity contribution in [3.63, 3.8) is 0 Å². The van der Waals surface area contributed by atoms with Gasteiger partial charge in [-0.3, -0.25) is 9.59 Å². The van der Waals surface area contributed by atoms with Gasteiger partial charge in [-0.05, 0) is 64.2 Å². The van der Waals surface area contributed by atoms with E-state index in [0.717, 1.165) is 89.9 Å². The Hall–Kier alpha value is -3.27. The number of esters is 2. The number of rotatable bonds is 47. The molecule has 2 unspecified atom stereocenters. The average molecular weight is 913 g/mol. The first-order chi connectivity index (χ1) is 31.6. The molecule has 0 radical (unpaired) electrons. The Balaban J connectivity index is 3.94. The molecule has 0 saturated heterocycles. The lowest BCUT2D eigenvalue weighted by Crippen LogP contribution is -2.40. The fourth-order valence-electron chi connectivity index (χ4n) is 6.96. The van der Waals surface area contributed by atoms with Gasteiger partial charge in [-0.2, -0.15) is 0 Å². The van der Waals surface area contributed by atoms with E-state index in [2.05, 4.69) is 86.8 Å². The van der Waals surface area contributed by atoms with Gasteiger partial charge in [-0.1, -0.05) is 202 Å². The molecule has 0 aliphatic rings. The SMILES string of the molecule is CC/C=C\C/C=C\C/C=C\C/C=C\C/C=C\C/C=C\CCCCCCCCCCCCCCCCCCC(=O)OC(COC(=O)CCCCCCC)COC(OCC[N+](C)(C)C)C(=O)O. The van der Waals surface area contributed by atoms with Gasteiger partial charge < -0.3 is 28.5 Å². The molecule has 0 fully saturated rings. The van der Waals surface area contributed by atoms with Crippen LogP contribution in [-0.4, -0.2) is 87.4 Å². The van der Waals surface area contributed by atoms with Crippen LogP contribution in [0.3, 0.4) is 0 Å². The van der Waals surface area contributed by atoms with Crippen molar-refractivity contribution >= 4 is 17.9 Å². The number of likely N-dealkylation sites (N-methyl/N-ethyl adjacent to an activating group) is 1. The number of quaternary nitrogens is 1. The van der Waals surface area contributed by atoms with E-state index in [-0.39, 0.29) is 32.2 Å². The van der Waals surface area contributed by atoms with Gasteiger partial charge in [0.25, 0.3) is 6.29 Å². The number of aliphatic carboxylic acids is 1. The Morgan fingerprint density at radius 2 is 0.877 bits per heavy atom. The van der Waals surface area contributed by atoms with Gasteiger partial charge in [0.2, 0.25) is 0 Å². The van der Waals surface area contributed by atoms with Gasteiger partial charge in [0, 0.05) is 12.8 Å². The van der Waals surface area contributed by atoms with Crippen LogP contribution in [0.15, 0.2) is 72.9 Å². The molecule has 2 atom stereocenters. The molecule has 0 rings (SSSR count). The van der Waals surface area contributed by atoms with E-state index in [0.29, 0.717) is 17.4 Å². The highest BCUT2D eigenvalue weighted by Gasteiger charge is 2.25. The Morgan fingerprint density at radius 3 is 1.31 bits per heavy atom. The quantitative estimate of drug-likeness (QED) is 0.0211. The standard InChI is InChI=1S/C56H97NO8/c1-6-8-10-12-13-14-15-16-17-18-19-20-21-22-23-24-25-26-27-28-29-30-31-32-33-34-35-36-37-38-39-40-41-43-45-47-54(59)65-52(50-63-53(58)46-44-42-11-9-7-2)51-64-56(55(60)61)62-49-48-57(3,4)5/h8,10,13-14,16-17,19-20,22-23,25-26,52,56H,6-7,9,11-12,15,18,21,24,27-51H2,1-5H3/p+1/b10-8-,14-13-,17-16-,20-19-,23-22-,26-25-. The fourth-order valence-corrected chi connectivity index (χ4v) is 6.96. The number of hydrogen-bond donors (Lipinski definition) is 1. The number of carbonyl (C=O) groups is 3. The van der Waals surface area contributed by atoms with Crippen molar-refractivity contribution in [1.29, 1.82) is 0 Å². The number of unbranched alkanes of at least 4 members (excludes halogenated alkanes) is 20. The van der Waals surface area contributed by atoms with Crippen LogP contribution in [0.5, 0.6) is 0 Å². The molecule has 65 heavy (non-hydrogen) atoms. The minimum atomic E-state index is -1.51. The van der Waals surface area contributed by atoms with Gasteiger partial charge in [-0.15, -0.1) is 0 Å². The highest BCUT2D eigenvalue weighted by Crippen LogP contribution is 2.15. The van der Waals surface area contributed by atoms with E-state index < -0.39 is 24.3 Å². The maximum Gasteiger partial charge on any atom is 0.361 e. The second-order valence-electron chi connectivity index (χ2n) is 18.5. The maximum atomic E-state index is 12.7. The summed E-state index contributed by atoms with van der Waals surface area (Å²) >= 11 is 0. The summed E-state index contributed by atoms with van der Waals surface area (Å²) < 4.78 is 22.6. The number of carboxylic acid groups (broad SMARTS) is 1. The molecule has 374 valence electrons. The summed E-state index contributed by atoms with van der Waals surface area (Å²) in [5.74, 6) is -2.02. The van der Waals surface area contributed by atoms with Crippen LogP contribution in [0, 0.1) is 0 Å². The third kappa shape index (κ3) is 48.5. The minimum absolute atomic E-state index is 0.183. The second kappa shape index (κ2) is 47.2. The van der Waals surface area contributed by atoms with Crippen molar-refractivity contribution in [3.8, 4) is 0 Å². The molecular weight excluding hydrogens is 815 g/mol. The summed E-state index contributed by atoms with van der Waals surface area (Å²) in [6.45, 7) is 4.66. The Labute approximate surface area is 398 Å². The summed E-state index contributed by atoms with van der Waals surface area (Å²) in [6.07, 6.45) is 57.5. The van der Waals surface area contributed by atoms with Crippen LogP contribution in [0.1, 0.15) is 206 Å². The van der Waals surface area contributed by atoms with E-state index in [1.165, 1.54) is 89.9 Å². The van der Waals surface area contributed by atoms with Crippen LogP contribution in [-0.2, 0) is 33.3 Å². The molecule has 0 aliphatic heterocycles. The summed E-state index contributed by atoms with van der Waals surface area (Å²) in [4.78, 5) is 36.8. The van der Waals surface area contributed by atoms with Crippen molar-refractivity contribution in [2.75, 3.05) is 47.5 Å². The zero-order chi connectivity index (χ0) is 47.7. The molecule has 0 heterocycles. The normalized spacial score (nSPS) is 13.4. The molecule has 0 spiro atoms. The third-order valence-electron chi connectivity index (χ3n) is 11.0. The molecule has 0 aromatic carbocycles. The fraction of sp³-hybridized carbons (Fsp3) is 0.732. The van der Waals surface area contributed by atoms with Crippen LogP contribution < -0.4 is 0 Å². The third-order valence-corrected chi connectivity index (χ3v) is 11.0. The van der Waals surface area contributed by atoms with E-state index in [1.54, 1.807) is 0 Å². The van der Waals surface area contributed by atoms with E-state index >= 15 is 0 Å². The summed E-state index contributed by atoms with van der Waals surface area (Å²) in [6, 6.07) is 0. The van der Waals surface area contributed by atoms with Crippen LogP contribution >= 0.6 is 0 Å². The topological polar surface area (TPSA) is 108 Å². The minimum Gasteiger partial charge on any atom is -0.477 e. The molecule has 9 nitrogen and oxygen atoms in total. The van der Waals surface area contributed by atoms with Crippen molar-refractivity contribution in [1.82, 2.24) is 0 Å². The lowest BCUT2D eigenvalue weighted by atomic mass is 10.0. The first kappa shape index (κ1) is 61.7. The zero-order valence-electron chi connectivity index (χ0n) is 42.4. The molecule has 9 heteroatoms. The van der Waals surface area contributed by atoms with E-state index in [1.807, 2.05) is 21.1 Å². The number of carboxylic acids is 1. The monoisotopic (exact) mass is 913 g/mol. The molecule has 0 aromatic heterocycles. The lowest BCUT2D eigenvalue weighted by Gasteiger charge is -2.25. The predicted octanol–water partition coefficient (Wildman–Crippen LogP) is 14.7. The van der Waals surface area contributed by atoms with Gasteiger partial charge in [0.15, 0.2) is 6.10 Å². The summed E-state index contributed by atoms with van der Waals surface area (Å²) in [7, 11) is 5.95. The number of carbonyl (C=O) groups excluding carboxylic acids is 2. The Morgan fingerprint density at radius 1 is 0.477 bits per heavy atom. The number of ether oxygens (including phenoxy) is 4. The van der Waals surface area contributed by atoms with E-state index in [4.69, 9.17) is 18.9 Å². The highest BCUT2D eigenvalue weighted by atomic mass is 16.7. The van der Waals surface area contributed by atoms with Gasteiger partial charge in [-0.25, -0.2) is 4.79 Å². The second-order valence-corrected chi connectivity index (χ2v) is 18.5. The zero-order valence-corrected chi connectivity index (χ0v) is 42.4. The largest absolute Gasteiger partial charge is 0.477 e. The van der Waals surface area contributed by atoms with Crippen molar-refractivity contribution in [2.24, 2.45) is 0 Å². The summed E-state index contributed by atoms with van der Waals surface area (Å²) in [5, 5.41) is 9.60. The molecular formula is C56H98NO8+. The molecule has 0 amide bonds.